The molecule has 0 saturated heterocycles. The van der Waals surface area contributed by atoms with E-state index in [0.717, 1.165) is 12.1 Å². The van der Waals surface area contributed by atoms with Gasteiger partial charge < -0.3 is 14.7 Å². The molecule has 0 spiro atoms. The molecule has 2 N–H and O–H groups in total. The molecule has 84 valence electrons. The number of ether oxygens (including phenoxy) is 1. The van der Waals surface area contributed by atoms with Gasteiger partial charge in [-0.25, -0.2) is 4.79 Å². The van der Waals surface area contributed by atoms with Gasteiger partial charge >= 0.3 is 5.97 Å². The number of hydrogen-bond acceptors (Lipinski definition) is 3. The normalized spacial score (nSPS) is 11.5. The zero-order valence-electron chi connectivity index (χ0n) is 9.43. The average molecular weight is 228 g/mol. The van der Waals surface area contributed by atoms with Crippen LogP contribution in [0.15, 0.2) is 0 Å². The minimum Gasteiger partial charge on any atom is -0.464 e. The minimum absolute atomic E-state index is 0.0865. The van der Waals surface area contributed by atoms with Crippen LogP contribution >= 0.6 is 12.2 Å². The number of rotatable bonds is 2. The van der Waals surface area contributed by atoms with Gasteiger partial charge in [0, 0.05) is 5.69 Å². The van der Waals surface area contributed by atoms with Crippen LogP contribution in [0.3, 0.4) is 0 Å². The number of aromatic amines is 2. The van der Waals surface area contributed by atoms with Crippen LogP contribution < -0.4 is 0 Å². The van der Waals surface area contributed by atoms with Crippen molar-refractivity contribution in [2.45, 2.75) is 27.2 Å². The molecule has 1 aromatic rings. The molecule has 0 radical (unpaired) electrons. The highest BCUT2D eigenvalue weighted by Crippen LogP contribution is 2.21. The third-order valence-electron chi connectivity index (χ3n) is 1.90. The van der Waals surface area contributed by atoms with Gasteiger partial charge in [0.1, 0.15) is 5.69 Å². The van der Waals surface area contributed by atoms with Crippen molar-refractivity contribution in [3.63, 3.8) is 0 Å². The molecule has 15 heavy (non-hydrogen) atoms. The fraction of sp³-hybridized carbons (Fsp3) is 0.600. The Morgan fingerprint density at radius 2 is 2.00 bits per heavy atom. The van der Waals surface area contributed by atoms with Crippen molar-refractivity contribution in [3.05, 3.63) is 16.2 Å². The smallest absolute Gasteiger partial charge is 0.356 e. The lowest BCUT2D eigenvalue weighted by atomic mass is 9.90. The van der Waals surface area contributed by atoms with Gasteiger partial charge in [-0.3, -0.25) is 0 Å². The summed E-state index contributed by atoms with van der Waals surface area (Å²) in [5.41, 5.74) is 1.32. The topological polar surface area (TPSA) is 57.9 Å². The van der Waals surface area contributed by atoms with Gasteiger partial charge in [-0.15, -0.1) is 0 Å². The van der Waals surface area contributed by atoms with Crippen molar-refractivity contribution >= 4 is 18.2 Å². The predicted molar refractivity (Wildman–Crippen MR) is 60.5 cm³/mol. The number of carbonyl (C=O) groups excluding carboxylic acids is 1. The molecule has 4 nitrogen and oxygen atoms in total. The predicted octanol–water partition coefficient (Wildman–Crippen LogP) is 2.45. The molecular formula is C10H16N2O2S. The number of nitrogens with one attached hydrogen (secondary N) is 2. The molecule has 0 fully saturated rings. The van der Waals surface area contributed by atoms with E-state index in [0.29, 0.717) is 10.5 Å². The molecule has 0 atom stereocenters. The van der Waals surface area contributed by atoms with Crippen LogP contribution in [0.4, 0.5) is 0 Å². The molecule has 0 aliphatic heterocycles. The summed E-state index contributed by atoms with van der Waals surface area (Å²) in [6, 6.07) is 0. The largest absolute Gasteiger partial charge is 0.464 e. The van der Waals surface area contributed by atoms with Crippen molar-refractivity contribution in [2.24, 2.45) is 5.41 Å². The zero-order chi connectivity index (χ0) is 11.6. The van der Waals surface area contributed by atoms with E-state index < -0.39 is 0 Å². The zero-order valence-corrected chi connectivity index (χ0v) is 10.2. The lowest BCUT2D eigenvalue weighted by Gasteiger charge is -2.17. The molecule has 0 saturated carbocycles. The Morgan fingerprint density at radius 1 is 1.40 bits per heavy atom. The molecule has 0 aliphatic carbocycles. The molecule has 1 aromatic heterocycles. The Balaban J connectivity index is 3.07. The molecule has 0 aromatic carbocycles. The third-order valence-corrected chi connectivity index (χ3v) is 2.11. The van der Waals surface area contributed by atoms with E-state index in [2.05, 4.69) is 35.5 Å². The van der Waals surface area contributed by atoms with Gasteiger partial charge in [-0.1, -0.05) is 20.8 Å². The van der Waals surface area contributed by atoms with E-state index in [4.69, 9.17) is 12.2 Å². The summed E-state index contributed by atoms with van der Waals surface area (Å²) < 4.78 is 5.12. The van der Waals surface area contributed by atoms with Crippen LogP contribution in [-0.4, -0.2) is 23.0 Å². The van der Waals surface area contributed by atoms with Gasteiger partial charge in [0.15, 0.2) is 4.77 Å². The number of H-pyrrole nitrogens is 2. The highest BCUT2D eigenvalue weighted by molar-refractivity contribution is 7.71. The summed E-state index contributed by atoms with van der Waals surface area (Å²) in [5.74, 6) is -0.387. The van der Waals surface area contributed by atoms with E-state index in [9.17, 15) is 4.79 Å². The van der Waals surface area contributed by atoms with E-state index in [1.807, 2.05) is 0 Å². The summed E-state index contributed by atoms with van der Waals surface area (Å²) in [6.45, 7) is 6.29. The Bertz CT molecular complexity index is 412. The number of esters is 1. The van der Waals surface area contributed by atoms with E-state index in [1.165, 1.54) is 7.11 Å². The second-order valence-corrected chi connectivity index (χ2v) is 5.07. The number of aromatic nitrogens is 2. The summed E-state index contributed by atoms with van der Waals surface area (Å²) in [5, 5.41) is 0. The first-order valence-electron chi connectivity index (χ1n) is 4.73. The van der Waals surface area contributed by atoms with Gasteiger partial charge in [-0.2, -0.15) is 0 Å². The van der Waals surface area contributed by atoms with Crippen LogP contribution in [0.25, 0.3) is 0 Å². The highest BCUT2D eigenvalue weighted by atomic mass is 32.1. The summed E-state index contributed by atoms with van der Waals surface area (Å²) in [4.78, 5) is 17.2. The van der Waals surface area contributed by atoms with Crippen LogP contribution in [-0.2, 0) is 11.2 Å². The SMILES string of the molecule is COC(=O)c1[nH]c(=S)[nH]c1CC(C)(C)C. The second-order valence-electron chi connectivity index (χ2n) is 4.66. The Kier molecular flexibility index (Phi) is 3.34. The van der Waals surface area contributed by atoms with Gasteiger partial charge in [0.25, 0.3) is 0 Å². The molecule has 0 unspecified atom stereocenters. The highest BCUT2D eigenvalue weighted by Gasteiger charge is 2.20. The fourth-order valence-electron chi connectivity index (χ4n) is 1.36. The van der Waals surface area contributed by atoms with Crippen molar-refractivity contribution in [1.82, 2.24) is 9.97 Å². The molecular weight excluding hydrogens is 212 g/mol. The number of carbonyl (C=O) groups is 1. The maximum Gasteiger partial charge on any atom is 0.356 e. The van der Waals surface area contributed by atoms with Crippen LogP contribution in [0, 0.1) is 10.2 Å². The first-order valence-corrected chi connectivity index (χ1v) is 5.14. The van der Waals surface area contributed by atoms with Gasteiger partial charge in [-0.05, 0) is 24.1 Å². The lowest BCUT2D eigenvalue weighted by molar-refractivity contribution is 0.0593. The summed E-state index contributed by atoms with van der Waals surface area (Å²) in [7, 11) is 1.35. The standard InChI is InChI=1S/C10H16N2O2S/c1-10(2,3)5-6-7(8(13)14-4)12-9(15)11-6/h5H2,1-4H3,(H2,11,12,15). The van der Waals surface area contributed by atoms with Crippen LogP contribution in [0.1, 0.15) is 37.0 Å². The lowest BCUT2D eigenvalue weighted by Crippen LogP contribution is -2.13. The second kappa shape index (κ2) is 4.18. The minimum atomic E-state index is -0.387. The number of methoxy groups -OCH3 is 1. The third kappa shape index (κ3) is 3.20. The quantitative estimate of drug-likeness (QED) is 0.604. The van der Waals surface area contributed by atoms with Crippen LogP contribution in [0.2, 0.25) is 0 Å². The Hall–Kier alpha value is -1.10. The Labute approximate surface area is 94.0 Å². The maximum atomic E-state index is 11.4. The summed E-state index contributed by atoms with van der Waals surface area (Å²) >= 11 is 4.96. The van der Waals surface area contributed by atoms with Crippen molar-refractivity contribution < 1.29 is 9.53 Å². The first-order chi connectivity index (χ1) is 6.83. The molecule has 0 amide bonds. The van der Waals surface area contributed by atoms with E-state index in [-0.39, 0.29) is 11.4 Å². The van der Waals surface area contributed by atoms with Crippen molar-refractivity contribution in [1.29, 1.82) is 0 Å². The molecule has 1 heterocycles. The monoisotopic (exact) mass is 228 g/mol. The number of hydrogen-bond donors (Lipinski definition) is 2. The van der Waals surface area contributed by atoms with E-state index >= 15 is 0 Å². The van der Waals surface area contributed by atoms with Crippen molar-refractivity contribution in [3.8, 4) is 0 Å². The molecule has 0 aliphatic rings. The molecule has 1 rings (SSSR count). The fourth-order valence-corrected chi connectivity index (χ4v) is 1.58. The number of imidazole rings is 1. The summed E-state index contributed by atoms with van der Waals surface area (Å²) in [6.07, 6.45) is 0.741. The van der Waals surface area contributed by atoms with Crippen molar-refractivity contribution in [2.75, 3.05) is 7.11 Å². The maximum absolute atomic E-state index is 11.4. The molecule has 5 heteroatoms. The van der Waals surface area contributed by atoms with Crippen LogP contribution in [0.5, 0.6) is 0 Å². The first kappa shape index (κ1) is 12.0. The van der Waals surface area contributed by atoms with Gasteiger partial charge in [0.2, 0.25) is 0 Å². The van der Waals surface area contributed by atoms with Gasteiger partial charge in [0.05, 0.1) is 7.11 Å². The molecule has 0 bridgehead atoms. The van der Waals surface area contributed by atoms with E-state index in [1.54, 1.807) is 0 Å². The average Bonchev–Trinajstić information content (AvgIpc) is 2.42. The Morgan fingerprint density at radius 3 is 2.47 bits per heavy atom.